The smallest absolute Gasteiger partial charge is 0.123 e. The molecule has 0 saturated heterocycles. The van der Waals surface area contributed by atoms with E-state index in [0.717, 1.165) is 38.3 Å². The third kappa shape index (κ3) is 3.29. The van der Waals surface area contributed by atoms with E-state index in [1.165, 1.54) is 19.3 Å². The van der Waals surface area contributed by atoms with Gasteiger partial charge in [0.05, 0.1) is 0 Å². The summed E-state index contributed by atoms with van der Waals surface area (Å²) in [5.41, 5.74) is 0. The van der Waals surface area contributed by atoms with Crippen LogP contribution in [0.3, 0.4) is 0 Å². The van der Waals surface area contributed by atoms with E-state index in [-0.39, 0.29) is 11.8 Å². The van der Waals surface area contributed by atoms with E-state index in [0.29, 0.717) is 0 Å². The average Bonchev–Trinajstić information content (AvgIpc) is 2.28. The quantitative estimate of drug-likeness (QED) is 0.614. The Kier molecular flexibility index (Phi) is 4.73. The van der Waals surface area contributed by atoms with Crippen LogP contribution in [0.1, 0.15) is 44.9 Å². The van der Waals surface area contributed by atoms with Gasteiger partial charge in [0.1, 0.15) is 12.6 Å². The second-order valence-corrected chi connectivity index (χ2v) is 3.94. The first-order valence-electron chi connectivity index (χ1n) is 5.29. The molecule has 0 aliphatic heterocycles. The molecule has 0 heterocycles. The fourth-order valence-corrected chi connectivity index (χ4v) is 2.06. The molecular weight excluding hydrogens is 164 g/mol. The first kappa shape index (κ1) is 10.4. The Bertz CT molecular complexity index is 147. The lowest BCUT2D eigenvalue weighted by atomic mass is 9.88. The second kappa shape index (κ2) is 5.90. The highest BCUT2D eigenvalue weighted by molar-refractivity contribution is 5.64. The molecule has 1 fully saturated rings. The Morgan fingerprint density at radius 2 is 1.08 bits per heavy atom. The molecule has 13 heavy (non-hydrogen) atoms. The maximum absolute atomic E-state index is 10.7. The number of carbonyl (C=O) groups is 2. The van der Waals surface area contributed by atoms with Gasteiger partial charge in [-0.3, -0.25) is 0 Å². The number of hydrogen-bond donors (Lipinski definition) is 0. The van der Waals surface area contributed by atoms with Crippen molar-refractivity contribution in [3.8, 4) is 0 Å². The van der Waals surface area contributed by atoms with Gasteiger partial charge in [0.25, 0.3) is 0 Å². The van der Waals surface area contributed by atoms with Crippen LogP contribution in [0.25, 0.3) is 0 Å². The highest BCUT2D eigenvalue weighted by atomic mass is 16.1. The largest absolute Gasteiger partial charge is 0.303 e. The molecule has 1 aliphatic carbocycles. The lowest BCUT2D eigenvalue weighted by Gasteiger charge is -2.15. The van der Waals surface area contributed by atoms with Crippen LogP contribution in [0.15, 0.2) is 0 Å². The van der Waals surface area contributed by atoms with Gasteiger partial charge in [-0.2, -0.15) is 0 Å². The Morgan fingerprint density at radius 1 is 0.692 bits per heavy atom. The molecule has 2 heteroatoms. The molecule has 0 aromatic heterocycles. The standard InChI is InChI=1S/C11H18O2/c12-8-10-6-4-2-1-3-5-7-11(10)9-13/h8-11H,1-7H2. The van der Waals surface area contributed by atoms with E-state index in [1.807, 2.05) is 0 Å². The highest BCUT2D eigenvalue weighted by Gasteiger charge is 2.20. The zero-order chi connectivity index (χ0) is 9.52. The van der Waals surface area contributed by atoms with E-state index in [9.17, 15) is 9.59 Å². The summed E-state index contributed by atoms with van der Waals surface area (Å²) < 4.78 is 0. The van der Waals surface area contributed by atoms with E-state index in [1.54, 1.807) is 0 Å². The summed E-state index contributed by atoms with van der Waals surface area (Å²) in [6, 6.07) is 0. The molecule has 1 saturated carbocycles. The normalized spacial score (nSPS) is 31.1. The summed E-state index contributed by atoms with van der Waals surface area (Å²) in [6.45, 7) is 0. The highest BCUT2D eigenvalue weighted by Crippen LogP contribution is 2.24. The van der Waals surface area contributed by atoms with Gasteiger partial charge in [-0.15, -0.1) is 0 Å². The molecule has 74 valence electrons. The van der Waals surface area contributed by atoms with Crippen molar-refractivity contribution in [2.45, 2.75) is 44.9 Å². The Labute approximate surface area is 79.7 Å². The van der Waals surface area contributed by atoms with Gasteiger partial charge in [0.2, 0.25) is 0 Å². The molecule has 0 radical (unpaired) electrons. The van der Waals surface area contributed by atoms with Crippen LogP contribution in [0.4, 0.5) is 0 Å². The molecule has 0 amide bonds. The van der Waals surface area contributed by atoms with Crippen LogP contribution in [0.5, 0.6) is 0 Å². The Hall–Kier alpha value is -0.660. The minimum Gasteiger partial charge on any atom is -0.303 e. The van der Waals surface area contributed by atoms with Crippen molar-refractivity contribution in [3.63, 3.8) is 0 Å². The van der Waals surface area contributed by atoms with Crippen molar-refractivity contribution in [2.24, 2.45) is 11.8 Å². The van der Waals surface area contributed by atoms with Gasteiger partial charge in [0.15, 0.2) is 0 Å². The topological polar surface area (TPSA) is 34.1 Å². The first-order valence-corrected chi connectivity index (χ1v) is 5.29. The Morgan fingerprint density at radius 3 is 1.46 bits per heavy atom. The third-order valence-electron chi connectivity index (χ3n) is 2.97. The van der Waals surface area contributed by atoms with Crippen LogP contribution in [0.2, 0.25) is 0 Å². The van der Waals surface area contributed by atoms with Crippen molar-refractivity contribution in [2.75, 3.05) is 0 Å². The molecule has 2 atom stereocenters. The van der Waals surface area contributed by atoms with E-state index < -0.39 is 0 Å². The van der Waals surface area contributed by atoms with Gasteiger partial charge >= 0.3 is 0 Å². The minimum atomic E-state index is -0.00407. The number of rotatable bonds is 2. The molecule has 0 N–H and O–H groups in total. The molecule has 0 aromatic rings. The molecular formula is C11H18O2. The molecule has 2 unspecified atom stereocenters. The summed E-state index contributed by atoms with van der Waals surface area (Å²) in [5.74, 6) is -0.00815. The average molecular weight is 182 g/mol. The summed E-state index contributed by atoms with van der Waals surface area (Å²) in [6.07, 6.45) is 9.68. The van der Waals surface area contributed by atoms with Crippen LogP contribution in [-0.4, -0.2) is 12.6 Å². The van der Waals surface area contributed by atoms with Gasteiger partial charge in [-0.25, -0.2) is 0 Å². The third-order valence-corrected chi connectivity index (χ3v) is 2.97. The molecule has 0 spiro atoms. The van der Waals surface area contributed by atoms with Crippen LogP contribution in [0, 0.1) is 11.8 Å². The van der Waals surface area contributed by atoms with Crippen molar-refractivity contribution in [1.29, 1.82) is 0 Å². The van der Waals surface area contributed by atoms with Crippen molar-refractivity contribution < 1.29 is 9.59 Å². The number of carbonyl (C=O) groups excluding carboxylic acids is 2. The molecule has 0 bridgehead atoms. The predicted molar refractivity (Wildman–Crippen MR) is 51.4 cm³/mol. The van der Waals surface area contributed by atoms with Gasteiger partial charge in [-0.05, 0) is 12.8 Å². The van der Waals surface area contributed by atoms with Crippen molar-refractivity contribution in [1.82, 2.24) is 0 Å². The number of aldehydes is 2. The van der Waals surface area contributed by atoms with E-state index in [2.05, 4.69) is 0 Å². The van der Waals surface area contributed by atoms with E-state index >= 15 is 0 Å². The monoisotopic (exact) mass is 182 g/mol. The fourth-order valence-electron chi connectivity index (χ4n) is 2.06. The fraction of sp³-hybridized carbons (Fsp3) is 0.818. The summed E-state index contributed by atoms with van der Waals surface area (Å²) >= 11 is 0. The lowest BCUT2D eigenvalue weighted by Crippen LogP contribution is -2.17. The SMILES string of the molecule is O=CC1CCCCCCCC1C=O. The lowest BCUT2D eigenvalue weighted by molar-refractivity contribution is -0.119. The maximum Gasteiger partial charge on any atom is 0.123 e. The van der Waals surface area contributed by atoms with Crippen molar-refractivity contribution >= 4 is 12.6 Å². The molecule has 2 nitrogen and oxygen atoms in total. The van der Waals surface area contributed by atoms with Crippen molar-refractivity contribution in [3.05, 3.63) is 0 Å². The van der Waals surface area contributed by atoms with Gasteiger partial charge < -0.3 is 9.59 Å². The van der Waals surface area contributed by atoms with Gasteiger partial charge in [-0.1, -0.05) is 32.1 Å². The summed E-state index contributed by atoms with van der Waals surface area (Å²) in [5, 5.41) is 0. The predicted octanol–water partition coefficient (Wildman–Crippen LogP) is 2.36. The van der Waals surface area contributed by atoms with Crippen LogP contribution >= 0.6 is 0 Å². The summed E-state index contributed by atoms with van der Waals surface area (Å²) in [4.78, 5) is 21.5. The van der Waals surface area contributed by atoms with Gasteiger partial charge in [0, 0.05) is 11.8 Å². The minimum absolute atomic E-state index is 0.00407. The van der Waals surface area contributed by atoms with Crippen LogP contribution in [-0.2, 0) is 9.59 Å². The Balaban J connectivity index is 2.52. The molecule has 1 rings (SSSR count). The summed E-state index contributed by atoms with van der Waals surface area (Å²) in [7, 11) is 0. The number of hydrogen-bond acceptors (Lipinski definition) is 2. The first-order chi connectivity index (χ1) is 6.38. The zero-order valence-electron chi connectivity index (χ0n) is 8.08. The molecule has 1 aliphatic rings. The maximum atomic E-state index is 10.7. The van der Waals surface area contributed by atoms with Crippen LogP contribution < -0.4 is 0 Å². The van der Waals surface area contributed by atoms with E-state index in [4.69, 9.17) is 0 Å². The second-order valence-electron chi connectivity index (χ2n) is 3.94. The zero-order valence-corrected chi connectivity index (χ0v) is 8.08. The molecule has 0 aromatic carbocycles.